The first kappa shape index (κ1) is 13.6. The maximum atomic E-state index is 8.94. The molecule has 0 amide bonds. The molecule has 3 heteroatoms. The van der Waals surface area contributed by atoms with Gasteiger partial charge in [-0.2, -0.15) is 5.26 Å². The van der Waals surface area contributed by atoms with Crippen LogP contribution >= 0.6 is 15.9 Å². The van der Waals surface area contributed by atoms with E-state index in [1.54, 1.807) is 0 Å². The molecule has 19 heavy (non-hydrogen) atoms. The van der Waals surface area contributed by atoms with Crippen LogP contribution in [0.1, 0.15) is 24.0 Å². The number of anilines is 1. The zero-order valence-corrected chi connectivity index (χ0v) is 12.3. The van der Waals surface area contributed by atoms with E-state index in [1.807, 2.05) is 24.3 Å². The topological polar surface area (TPSA) is 35.8 Å². The lowest BCUT2D eigenvalue weighted by atomic mass is 10.0. The maximum absolute atomic E-state index is 8.94. The maximum Gasteiger partial charge on any atom is 0.0992 e. The molecule has 0 aliphatic rings. The minimum Gasteiger partial charge on any atom is -0.384 e. The second kappa shape index (κ2) is 6.40. The van der Waals surface area contributed by atoms with Crippen LogP contribution in [0.15, 0.2) is 53.0 Å². The fraction of sp³-hybridized carbons (Fsp3) is 0.188. The third-order valence-corrected chi connectivity index (χ3v) is 3.47. The lowest BCUT2D eigenvalue weighted by Gasteiger charge is -2.14. The Hall–Kier alpha value is -1.79. The van der Waals surface area contributed by atoms with E-state index in [9.17, 15) is 0 Å². The number of hydrogen-bond donors (Lipinski definition) is 1. The minimum absolute atomic E-state index is 0.422. The van der Waals surface area contributed by atoms with Gasteiger partial charge < -0.3 is 5.32 Å². The van der Waals surface area contributed by atoms with E-state index in [0.29, 0.717) is 11.5 Å². The van der Waals surface area contributed by atoms with Crippen LogP contribution in [0.3, 0.4) is 0 Å². The highest BCUT2D eigenvalue weighted by molar-refractivity contribution is 9.10. The molecular weight excluding hydrogens is 300 g/mol. The van der Waals surface area contributed by atoms with E-state index in [1.165, 1.54) is 5.56 Å². The smallest absolute Gasteiger partial charge is 0.0992 e. The van der Waals surface area contributed by atoms with Gasteiger partial charge in [0, 0.05) is 16.7 Å². The molecule has 0 bridgehead atoms. The Balaban J connectivity index is 2.03. The Labute approximate surface area is 122 Å². The summed E-state index contributed by atoms with van der Waals surface area (Å²) in [5, 5.41) is 12.3. The van der Waals surface area contributed by atoms with E-state index >= 15 is 0 Å². The third kappa shape index (κ3) is 3.84. The van der Waals surface area contributed by atoms with Gasteiger partial charge >= 0.3 is 0 Å². The molecular formula is C16H15BrN2. The number of nitrogens with zero attached hydrogens (tertiary/aromatic N) is 1. The van der Waals surface area contributed by atoms with Crippen molar-refractivity contribution in [3.05, 3.63) is 64.1 Å². The summed E-state index contributed by atoms with van der Waals surface area (Å²) in [5.74, 6) is 0.422. The summed E-state index contributed by atoms with van der Waals surface area (Å²) in [6.45, 7) is 3.02. The average Bonchev–Trinajstić information content (AvgIpc) is 2.45. The average molecular weight is 315 g/mol. The highest BCUT2D eigenvalue weighted by atomic mass is 79.9. The monoisotopic (exact) mass is 314 g/mol. The van der Waals surface area contributed by atoms with Gasteiger partial charge in [-0.25, -0.2) is 0 Å². The molecule has 96 valence electrons. The van der Waals surface area contributed by atoms with Gasteiger partial charge in [0.15, 0.2) is 0 Å². The normalized spacial score (nSPS) is 11.6. The molecule has 2 nitrogen and oxygen atoms in total. The van der Waals surface area contributed by atoms with Crippen molar-refractivity contribution in [1.29, 1.82) is 5.26 Å². The number of hydrogen-bond acceptors (Lipinski definition) is 2. The van der Waals surface area contributed by atoms with Crippen LogP contribution in [0, 0.1) is 11.3 Å². The van der Waals surface area contributed by atoms with Crippen LogP contribution in [0.2, 0.25) is 0 Å². The van der Waals surface area contributed by atoms with Gasteiger partial charge in [0.05, 0.1) is 11.6 Å². The van der Waals surface area contributed by atoms with Crippen molar-refractivity contribution in [1.82, 2.24) is 0 Å². The van der Waals surface area contributed by atoms with Crippen molar-refractivity contribution in [3.8, 4) is 6.07 Å². The third-order valence-electron chi connectivity index (χ3n) is 3.01. The summed E-state index contributed by atoms with van der Waals surface area (Å²) in [6.07, 6.45) is 0. The molecule has 0 aliphatic carbocycles. The van der Waals surface area contributed by atoms with Gasteiger partial charge in [0.25, 0.3) is 0 Å². The molecule has 2 aromatic carbocycles. The fourth-order valence-corrected chi connectivity index (χ4v) is 2.42. The predicted octanol–water partition coefficient (Wildman–Crippen LogP) is 4.54. The fourth-order valence-electron chi connectivity index (χ4n) is 1.93. The number of nitriles is 1. The van der Waals surface area contributed by atoms with Crippen molar-refractivity contribution in [2.75, 3.05) is 11.9 Å². The van der Waals surface area contributed by atoms with E-state index in [4.69, 9.17) is 5.26 Å². The van der Waals surface area contributed by atoms with E-state index < -0.39 is 0 Å². The van der Waals surface area contributed by atoms with Crippen molar-refractivity contribution in [3.63, 3.8) is 0 Å². The number of rotatable bonds is 4. The molecule has 0 aromatic heterocycles. The van der Waals surface area contributed by atoms with Crippen molar-refractivity contribution in [2.24, 2.45) is 0 Å². The van der Waals surface area contributed by atoms with Crippen LogP contribution < -0.4 is 5.32 Å². The quantitative estimate of drug-likeness (QED) is 0.899. The zero-order chi connectivity index (χ0) is 13.7. The molecule has 0 heterocycles. The van der Waals surface area contributed by atoms with Crippen molar-refractivity contribution >= 4 is 21.6 Å². The lowest BCUT2D eigenvalue weighted by molar-refractivity contribution is 0.805. The highest BCUT2D eigenvalue weighted by Crippen LogP contribution is 2.21. The Bertz CT molecular complexity index is 587. The number of benzene rings is 2. The Morgan fingerprint density at radius 3 is 2.63 bits per heavy atom. The second-order valence-corrected chi connectivity index (χ2v) is 5.45. The molecule has 1 atom stereocenters. The molecule has 0 saturated carbocycles. The number of nitrogens with one attached hydrogen (secondary N) is 1. The van der Waals surface area contributed by atoms with Crippen molar-refractivity contribution < 1.29 is 0 Å². The molecule has 1 N–H and O–H groups in total. The van der Waals surface area contributed by atoms with Gasteiger partial charge in [0.2, 0.25) is 0 Å². The first-order chi connectivity index (χ1) is 9.19. The summed E-state index contributed by atoms with van der Waals surface area (Å²) in [5.41, 5.74) is 2.93. The number of halogens is 1. The summed E-state index contributed by atoms with van der Waals surface area (Å²) in [7, 11) is 0. The van der Waals surface area contributed by atoms with Gasteiger partial charge in [-0.15, -0.1) is 0 Å². The first-order valence-electron chi connectivity index (χ1n) is 6.18. The summed E-state index contributed by atoms with van der Waals surface area (Å²) < 4.78 is 0.918. The minimum atomic E-state index is 0.422. The van der Waals surface area contributed by atoms with Gasteiger partial charge in [0.1, 0.15) is 0 Å². The first-order valence-corrected chi connectivity index (χ1v) is 6.98. The summed E-state index contributed by atoms with van der Waals surface area (Å²) in [4.78, 5) is 0. The Kier molecular flexibility index (Phi) is 4.59. The largest absolute Gasteiger partial charge is 0.384 e. The predicted molar refractivity (Wildman–Crippen MR) is 82.2 cm³/mol. The Morgan fingerprint density at radius 2 is 1.95 bits per heavy atom. The molecule has 0 saturated heterocycles. The van der Waals surface area contributed by atoms with Gasteiger partial charge in [-0.1, -0.05) is 53.2 Å². The molecule has 1 unspecified atom stereocenters. The molecule has 0 spiro atoms. The second-order valence-electron chi connectivity index (χ2n) is 4.53. The van der Waals surface area contributed by atoms with E-state index in [-0.39, 0.29) is 0 Å². The van der Waals surface area contributed by atoms with Crippen molar-refractivity contribution in [2.45, 2.75) is 12.8 Å². The summed E-state index contributed by atoms with van der Waals surface area (Å²) in [6, 6.07) is 18.2. The van der Waals surface area contributed by atoms with Gasteiger partial charge in [-0.05, 0) is 29.7 Å². The van der Waals surface area contributed by atoms with Crippen LogP contribution in [0.5, 0.6) is 0 Å². The van der Waals surface area contributed by atoms with Crippen LogP contribution in [-0.4, -0.2) is 6.54 Å². The standard InChI is InChI=1S/C16H15BrN2/c1-12(14-5-3-2-4-6-14)11-19-16-8-13(10-18)7-15(17)9-16/h2-9,12,19H,11H2,1H3. The SMILES string of the molecule is CC(CNc1cc(Br)cc(C#N)c1)c1ccccc1. The lowest BCUT2D eigenvalue weighted by Crippen LogP contribution is -2.09. The van der Waals surface area contributed by atoms with Gasteiger partial charge in [-0.3, -0.25) is 0 Å². The molecule has 0 radical (unpaired) electrons. The highest BCUT2D eigenvalue weighted by Gasteiger charge is 2.05. The molecule has 0 fully saturated rings. The Morgan fingerprint density at radius 1 is 1.21 bits per heavy atom. The van der Waals surface area contributed by atoms with E-state index in [0.717, 1.165) is 16.7 Å². The molecule has 0 aliphatic heterocycles. The van der Waals surface area contributed by atoms with E-state index in [2.05, 4.69) is 58.5 Å². The molecule has 2 aromatic rings. The van der Waals surface area contributed by atoms with Crippen LogP contribution in [-0.2, 0) is 0 Å². The van der Waals surface area contributed by atoms with Crippen LogP contribution in [0.25, 0.3) is 0 Å². The van der Waals surface area contributed by atoms with Crippen LogP contribution in [0.4, 0.5) is 5.69 Å². The zero-order valence-electron chi connectivity index (χ0n) is 10.7. The molecule has 2 rings (SSSR count). The summed E-state index contributed by atoms with van der Waals surface area (Å²) >= 11 is 3.41.